The van der Waals surface area contributed by atoms with Gasteiger partial charge >= 0.3 is 0 Å². The quantitative estimate of drug-likeness (QED) is 0.844. The molecule has 5 heteroatoms. The highest BCUT2D eigenvalue weighted by Gasteiger charge is 2.12. The molecular weight excluding hydrogens is 246 g/mol. The molecule has 0 aliphatic rings. The lowest BCUT2D eigenvalue weighted by atomic mass is 10.2. The second-order valence-electron chi connectivity index (χ2n) is 4.36. The van der Waals surface area contributed by atoms with Crippen molar-refractivity contribution in [3.63, 3.8) is 0 Å². The Balaban J connectivity index is 2.30. The highest BCUT2D eigenvalue weighted by molar-refractivity contribution is 7.18. The first-order chi connectivity index (χ1) is 8.63. The van der Waals surface area contributed by atoms with Gasteiger partial charge in [0.05, 0.1) is 5.39 Å². The van der Waals surface area contributed by atoms with E-state index in [1.807, 2.05) is 6.92 Å². The molecule has 0 amide bonds. The van der Waals surface area contributed by atoms with Gasteiger partial charge in [0.1, 0.15) is 16.5 Å². The number of nitrogens with zero attached hydrogens (tertiary/aromatic N) is 2. The fourth-order valence-electron chi connectivity index (χ4n) is 1.91. The Morgan fingerprint density at radius 2 is 2.00 bits per heavy atom. The van der Waals surface area contributed by atoms with E-state index in [0.29, 0.717) is 0 Å². The first kappa shape index (κ1) is 13.2. The minimum atomic E-state index is 0.766. The van der Waals surface area contributed by atoms with Gasteiger partial charge in [-0.05, 0) is 32.8 Å². The fraction of sp³-hybridized carbons (Fsp3) is 0.538. The molecule has 0 aliphatic carbocycles. The van der Waals surface area contributed by atoms with Crippen LogP contribution < -0.4 is 5.32 Å². The number of rotatable bonds is 5. The van der Waals surface area contributed by atoms with E-state index in [4.69, 9.17) is 4.74 Å². The zero-order valence-electron chi connectivity index (χ0n) is 11.3. The van der Waals surface area contributed by atoms with E-state index in [0.717, 1.165) is 36.0 Å². The molecule has 0 unspecified atom stereocenters. The predicted molar refractivity (Wildman–Crippen MR) is 76.6 cm³/mol. The van der Waals surface area contributed by atoms with E-state index in [9.17, 15) is 0 Å². The molecule has 2 rings (SSSR count). The van der Waals surface area contributed by atoms with Crippen LogP contribution in [-0.4, -0.2) is 30.2 Å². The van der Waals surface area contributed by atoms with E-state index in [1.54, 1.807) is 18.4 Å². The minimum absolute atomic E-state index is 0.766. The van der Waals surface area contributed by atoms with E-state index in [-0.39, 0.29) is 0 Å². The molecule has 2 aromatic heterocycles. The number of nitrogens with one attached hydrogen (secondary N) is 1. The van der Waals surface area contributed by atoms with Crippen molar-refractivity contribution in [2.24, 2.45) is 0 Å². The molecule has 0 saturated carbocycles. The lowest BCUT2D eigenvalue weighted by Gasteiger charge is -2.08. The second kappa shape index (κ2) is 5.63. The number of fused-ring (bicyclic) bond motifs is 1. The topological polar surface area (TPSA) is 47.0 Å². The summed E-state index contributed by atoms with van der Waals surface area (Å²) in [4.78, 5) is 11.4. The monoisotopic (exact) mass is 265 g/mol. The van der Waals surface area contributed by atoms with Crippen molar-refractivity contribution in [3.8, 4) is 0 Å². The van der Waals surface area contributed by atoms with Crippen LogP contribution in [0.15, 0.2) is 0 Å². The van der Waals surface area contributed by atoms with Gasteiger partial charge in [-0.1, -0.05) is 0 Å². The molecular formula is C13H19N3OS. The van der Waals surface area contributed by atoms with Gasteiger partial charge in [0.15, 0.2) is 0 Å². The maximum absolute atomic E-state index is 5.05. The number of anilines is 1. The third-order valence-electron chi connectivity index (χ3n) is 2.96. The molecule has 0 radical (unpaired) electrons. The molecule has 98 valence electrons. The molecule has 1 N–H and O–H groups in total. The number of aryl methyl sites for hydroxylation is 3. The van der Waals surface area contributed by atoms with Crippen molar-refractivity contribution in [1.82, 2.24) is 9.97 Å². The fourth-order valence-corrected chi connectivity index (χ4v) is 2.98. The Kier molecular flexibility index (Phi) is 4.14. The van der Waals surface area contributed by atoms with E-state index < -0.39 is 0 Å². The van der Waals surface area contributed by atoms with Crippen LogP contribution in [0.5, 0.6) is 0 Å². The number of thiophene rings is 1. The molecule has 2 heterocycles. The zero-order valence-corrected chi connectivity index (χ0v) is 12.1. The molecule has 0 aromatic carbocycles. The summed E-state index contributed by atoms with van der Waals surface area (Å²) in [7, 11) is 1.72. The Bertz CT molecular complexity index is 551. The van der Waals surface area contributed by atoms with Crippen molar-refractivity contribution < 1.29 is 4.74 Å². The Labute approximate surface area is 111 Å². The van der Waals surface area contributed by atoms with Crippen LogP contribution in [-0.2, 0) is 4.74 Å². The van der Waals surface area contributed by atoms with Gasteiger partial charge in [0.2, 0.25) is 0 Å². The van der Waals surface area contributed by atoms with Crippen molar-refractivity contribution in [2.75, 3.05) is 25.6 Å². The second-order valence-corrected chi connectivity index (χ2v) is 5.56. The standard InChI is InChI=1S/C13H19N3OS/c1-8-9(2)18-13-11(8)12(15-10(3)16-13)14-6-5-7-17-4/h5-7H2,1-4H3,(H,14,15,16). The van der Waals surface area contributed by atoms with Crippen molar-refractivity contribution in [2.45, 2.75) is 27.2 Å². The third kappa shape index (κ3) is 2.62. The number of hydrogen-bond acceptors (Lipinski definition) is 5. The molecule has 0 atom stereocenters. The van der Waals surface area contributed by atoms with E-state index in [1.165, 1.54) is 15.8 Å². The summed E-state index contributed by atoms with van der Waals surface area (Å²) < 4.78 is 5.05. The lowest BCUT2D eigenvalue weighted by Crippen LogP contribution is -2.07. The molecule has 2 aromatic rings. The largest absolute Gasteiger partial charge is 0.385 e. The lowest BCUT2D eigenvalue weighted by molar-refractivity contribution is 0.198. The number of methoxy groups -OCH3 is 1. The third-order valence-corrected chi connectivity index (χ3v) is 4.06. The molecule has 0 fully saturated rings. The first-order valence-corrected chi connectivity index (χ1v) is 6.92. The van der Waals surface area contributed by atoms with Gasteiger partial charge in [0.25, 0.3) is 0 Å². The van der Waals surface area contributed by atoms with Gasteiger partial charge in [-0.2, -0.15) is 0 Å². The van der Waals surface area contributed by atoms with Gasteiger partial charge in [0, 0.05) is 25.1 Å². The molecule has 4 nitrogen and oxygen atoms in total. The average molecular weight is 265 g/mol. The van der Waals surface area contributed by atoms with Crippen molar-refractivity contribution in [1.29, 1.82) is 0 Å². The summed E-state index contributed by atoms with van der Waals surface area (Å²) in [5.41, 5.74) is 1.28. The van der Waals surface area contributed by atoms with Crippen molar-refractivity contribution in [3.05, 3.63) is 16.3 Å². The SMILES string of the molecule is COCCCNc1nc(C)nc2sc(C)c(C)c12. The Morgan fingerprint density at radius 1 is 1.22 bits per heavy atom. The van der Waals surface area contributed by atoms with E-state index in [2.05, 4.69) is 29.1 Å². The number of aromatic nitrogens is 2. The maximum Gasteiger partial charge on any atom is 0.138 e. The van der Waals surface area contributed by atoms with Crippen molar-refractivity contribution >= 4 is 27.4 Å². The highest BCUT2D eigenvalue weighted by Crippen LogP contribution is 2.33. The normalized spacial score (nSPS) is 11.1. The summed E-state index contributed by atoms with van der Waals surface area (Å²) >= 11 is 1.73. The van der Waals surface area contributed by atoms with Gasteiger partial charge in [-0.3, -0.25) is 0 Å². The summed E-state index contributed by atoms with van der Waals surface area (Å²) in [5, 5.41) is 4.56. The Morgan fingerprint density at radius 3 is 2.72 bits per heavy atom. The number of hydrogen-bond donors (Lipinski definition) is 1. The van der Waals surface area contributed by atoms with Crippen LogP contribution >= 0.6 is 11.3 Å². The average Bonchev–Trinajstić information content (AvgIpc) is 2.60. The van der Waals surface area contributed by atoms with Crippen LogP contribution in [0.1, 0.15) is 22.7 Å². The van der Waals surface area contributed by atoms with Crippen LogP contribution in [0.25, 0.3) is 10.2 Å². The Hall–Kier alpha value is -1.20. The van der Waals surface area contributed by atoms with Gasteiger partial charge in [-0.15, -0.1) is 11.3 Å². The maximum atomic E-state index is 5.05. The van der Waals surface area contributed by atoms with Gasteiger partial charge < -0.3 is 10.1 Å². The van der Waals surface area contributed by atoms with Crippen LogP contribution in [0.4, 0.5) is 5.82 Å². The molecule has 0 aliphatic heterocycles. The molecule has 0 spiro atoms. The first-order valence-electron chi connectivity index (χ1n) is 6.10. The summed E-state index contributed by atoms with van der Waals surface area (Å²) in [6.07, 6.45) is 0.975. The smallest absolute Gasteiger partial charge is 0.138 e. The number of ether oxygens (including phenoxy) is 1. The predicted octanol–water partition coefficient (Wildman–Crippen LogP) is 3.06. The summed E-state index contributed by atoms with van der Waals surface area (Å²) in [5.74, 6) is 1.77. The highest BCUT2D eigenvalue weighted by atomic mass is 32.1. The van der Waals surface area contributed by atoms with Crippen LogP contribution in [0, 0.1) is 20.8 Å². The molecule has 0 bridgehead atoms. The summed E-state index contributed by atoms with van der Waals surface area (Å²) in [6.45, 7) is 7.83. The summed E-state index contributed by atoms with van der Waals surface area (Å²) in [6, 6.07) is 0. The zero-order chi connectivity index (χ0) is 13.1. The van der Waals surface area contributed by atoms with E-state index >= 15 is 0 Å². The van der Waals surface area contributed by atoms with Gasteiger partial charge in [-0.25, -0.2) is 9.97 Å². The van der Waals surface area contributed by atoms with Crippen LogP contribution in [0.3, 0.4) is 0 Å². The molecule has 18 heavy (non-hydrogen) atoms. The van der Waals surface area contributed by atoms with Crippen LogP contribution in [0.2, 0.25) is 0 Å². The minimum Gasteiger partial charge on any atom is -0.385 e. The molecule has 0 saturated heterocycles.